The Hall–Kier alpha value is -6.32. The van der Waals surface area contributed by atoms with Crippen LogP contribution in [0.5, 0.6) is 0 Å². The molecule has 7 aromatic carbocycles. The van der Waals surface area contributed by atoms with Gasteiger partial charge in [0.25, 0.3) is 6.71 Å². The smallest absolute Gasteiger partial charge is 0.252 e. The minimum absolute atomic E-state index is 0.0477. The SMILES string of the molecule is C=Cc1ccc(-c2ccc(N3c4ccccc4B4c5cc(-c6ccc(C=C)cc6)ccc5N(c5ccccc5)c5cc(C(C)(C)C)cc3c54)cc2)cc1. The molecule has 0 aliphatic carbocycles. The van der Waals surface area contributed by atoms with Crippen LogP contribution in [0, 0.1) is 0 Å². The van der Waals surface area contributed by atoms with E-state index >= 15 is 0 Å². The molecule has 0 amide bonds. The molecule has 0 saturated carbocycles. The summed E-state index contributed by atoms with van der Waals surface area (Å²) in [6, 6.07) is 58.2. The lowest BCUT2D eigenvalue weighted by atomic mass is 9.33. The van der Waals surface area contributed by atoms with E-state index < -0.39 is 0 Å². The Balaban J connectivity index is 1.30. The zero-order chi connectivity index (χ0) is 36.3. The van der Waals surface area contributed by atoms with Crippen LogP contribution in [-0.4, -0.2) is 6.71 Å². The van der Waals surface area contributed by atoms with E-state index in [1.54, 1.807) is 0 Å². The zero-order valence-electron chi connectivity index (χ0n) is 30.6. The van der Waals surface area contributed by atoms with E-state index in [1.165, 1.54) is 67.0 Å². The summed E-state index contributed by atoms with van der Waals surface area (Å²) in [7, 11) is 0. The number of nitrogens with zero attached hydrogens (tertiary/aromatic N) is 2. The molecule has 0 N–H and O–H groups in total. The lowest BCUT2D eigenvalue weighted by Crippen LogP contribution is -2.61. The van der Waals surface area contributed by atoms with Crippen LogP contribution in [0.4, 0.5) is 34.1 Å². The van der Waals surface area contributed by atoms with Crippen LogP contribution in [0.25, 0.3) is 34.4 Å². The monoisotopic (exact) mass is 680 g/mol. The second-order valence-electron chi connectivity index (χ2n) is 15.1. The van der Waals surface area contributed by atoms with Crippen molar-refractivity contribution in [2.45, 2.75) is 26.2 Å². The van der Waals surface area contributed by atoms with Gasteiger partial charge in [-0.25, -0.2) is 0 Å². The predicted molar refractivity (Wildman–Crippen MR) is 230 cm³/mol. The Morgan fingerprint density at radius 3 is 1.49 bits per heavy atom. The Labute approximate surface area is 314 Å². The van der Waals surface area contributed by atoms with Gasteiger partial charge in [0.1, 0.15) is 0 Å². The maximum atomic E-state index is 3.97. The van der Waals surface area contributed by atoms with Gasteiger partial charge in [0, 0.05) is 34.1 Å². The molecule has 2 heterocycles. The molecule has 9 rings (SSSR count). The van der Waals surface area contributed by atoms with Gasteiger partial charge in [-0.15, -0.1) is 0 Å². The third-order valence-electron chi connectivity index (χ3n) is 10.9. The van der Waals surface area contributed by atoms with E-state index in [2.05, 4.69) is 201 Å². The lowest BCUT2D eigenvalue weighted by molar-refractivity contribution is 0.590. The Kier molecular flexibility index (Phi) is 7.82. The molecule has 2 aliphatic heterocycles. The molecule has 0 unspecified atom stereocenters. The molecule has 53 heavy (non-hydrogen) atoms. The van der Waals surface area contributed by atoms with Crippen LogP contribution in [0.1, 0.15) is 37.5 Å². The van der Waals surface area contributed by atoms with Crippen LogP contribution < -0.4 is 26.2 Å². The topological polar surface area (TPSA) is 6.48 Å². The normalized spacial score (nSPS) is 12.8. The van der Waals surface area contributed by atoms with Crippen LogP contribution >= 0.6 is 0 Å². The molecular weight excluding hydrogens is 639 g/mol. The number of anilines is 6. The van der Waals surface area contributed by atoms with Gasteiger partial charge in [0.2, 0.25) is 0 Å². The zero-order valence-corrected chi connectivity index (χ0v) is 30.6. The first-order valence-electron chi connectivity index (χ1n) is 18.4. The Morgan fingerprint density at radius 1 is 0.453 bits per heavy atom. The Bertz CT molecular complexity index is 2510. The minimum atomic E-state index is -0.0742. The first-order valence-corrected chi connectivity index (χ1v) is 18.4. The summed E-state index contributed by atoms with van der Waals surface area (Å²) in [5.41, 5.74) is 19.4. The Morgan fingerprint density at radius 2 is 0.925 bits per heavy atom. The molecule has 2 aliphatic rings. The molecule has 0 atom stereocenters. The van der Waals surface area contributed by atoms with Gasteiger partial charge in [-0.3, -0.25) is 0 Å². The van der Waals surface area contributed by atoms with Crippen LogP contribution in [0.2, 0.25) is 0 Å². The summed E-state index contributed by atoms with van der Waals surface area (Å²) in [5.74, 6) is 0. The predicted octanol–water partition coefficient (Wildman–Crippen LogP) is 11.7. The third-order valence-corrected chi connectivity index (χ3v) is 10.9. The summed E-state index contributed by atoms with van der Waals surface area (Å²) in [6.07, 6.45) is 3.79. The second kappa shape index (κ2) is 12.7. The van der Waals surface area contributed by atoms with Crippen molar-refractivity contribution in [1.82, 2.24) is 0 Å². The fourth-order valence-corrected chi connectivity index (χ4v) is 8.12. The largest absolute Gasteiger partial charge is 0.311 e. The molecule has 2 nitrogen and oxygen atoms in total. The summed E-state index contributed by atoms with van der Waals surface area (Å²) in [6.45, 7) is 14.9. The molecule has 0 fully saturated rings. The summed E-state index contributed by atoms with van der Waals surface area (Å²) in [5, 5.41) is 0. The number of hydrogen-bond acceptors (Lipinski definition) is 2. The number of rotatable bonds is 6. The van der Waals surface area contributed by atoms with E-state index in [-0.39, 0.29) is 12.1 Å². The average molecular weight is 681 g/mol. The first kappa shape index (κ1) is 32.6. The van der Waals surface area contributed by atoms with E-state index in [0.29, 0.717) is 0 Å². The molecule has 7 aromatic rings. The van der Waals surface area contributed by atoms with Crippen molar-refractivity contribution in [3.8, 4) is 22.3 Å². The molecule has 254 valence electrons. The van der Waals surface area contributed by atoms with Crippen LogP contribution in [-0.2, 0) is 5.41 Å². The van der Waals surface area contributed by atoms with Crippen molar-refractivity contribution in [3.05, 3.63) is 188 Å². The van der Waals surface area contributed by atoms with Crippen molar-refractivity contribution >= 4 is 69.4 Å². The molecular formula is C50H41BN2. The highest BCUT2D eigenvalue weighted by Gasteiger charge is 2.44. The van der Waals surface area contributed by atoms with Gasteiger partial charge < -0.3 is 9.80 Å². The number of para-hydroxylation sites is 2. The van der Waals surface area contributed by atoms with Gasteiger partial charge in [-0.05, 0) is 109 Å². The van der Waals surface area contributed by atoms with Crippen molar-refractivity contribution in [3.63, 3.8) is 0 Å². The summed E-state index contributed by atoms with van der Waals surface area (Å²) < 4.78 is 0. The van der Waals surface area contributed by atoms with Crippen LogP contribution in [0.15, 0.2) is 171 Å². The maximum absolute atomic E-state index is 3.97. The molecule has 0 aromatic heterocycles. The first-order chi connectivity index (χ1) is 25.8. The number of benzene rings is 7. The maximum Gasteiger partial charge on any atom is 0.252 e. The van der Waals surface area contributed by atoms with E-state index in [9.17, 15) is 0 Å². The van der Waals surface area contributed by atoms with Gasteiger partial charge >= 0.3 is 0 Å². The minimum Gasteiger partial charge on any atom is -0.311 e. The van der Waals surface area contributed by atoms with Crippen molar-refractivity contribution < 1.29 is 0 Å². The highest BCUT2D eigenvalue weighted by atomic mass is 15.2. The average Bonchev–Trinajstić information content (AvgIpc) is 3.20. The fraction of sp³-hybridized carbons (Fsp3) is 0.0800. The van der Waals surface area contributed by atoms with E-state index in [0.717, 1.165) is 22.5 Å². The van der Waals surface area contributed by atoms with E-state index in [4.69, 9.17) is 0 Å². The lowest BCUT2D eigenvalue weighted by Gasteiger charge is -2.45. The molecule has 0 bridgehead atoms. The van der Waals surface area contributed by atoms with Gasteiger partial charge in [-0.2, -0.15) is 0 Å². The second-order valence-corrected chi connectivity index (χ2v) is 15.1. The van der Waals surface area contributed by atoms with Gasteiger partial charge in [-0.1, -0.05) is 155 Å². The van der Waals surface area contributed by atoms with Crippen LogP contribution in [0.3, 0.4) is 0 Å². The fourth-order valence-electron chi connectivity index (χ4n) is 8.12. The quantitative estimate of drug-likeness (QED) is 0.161. The van der Waals surface area contributed by atoms with Crippen molar-refractivity contribution in [1.29, 1.82) is 0 Å². The highest BCUT2D eigenvalue weighted by molar-refractivity contribution is 7.00. The third kappa shape index (κ3) is 5.52. The molecule has 0 saturated heterocycles. The summed E-state index contributed by atoms with van der Waals surface area (Å²) in [4.78, 5) is 4.99. The van der Waals surface area contributed by atoms with Crippen molar-refractivity contribution in [2.75, 3.05) is 9.80 Å². The van der Waals surface area contributed by atoms with Gasteiger partial charge in [0.15, 0.2) is 0 Å². The standard InChI is InChI=1S/C50H41BN2/c1-6-34-17-21-36(22-18-34)37-25-28-42(29-26-37)53-45-16-12-11-15-43(45)51-44-31-39(38-23-19-35(7-2)20-24-38)27-30-46(44)52(41-13-9-8-10-14-41)47-32-40(50(3,4)5)33-48(53)49(47)51/h6-33H,1-2H2,3-5H3. The molecule has 3 heteroatoms. The molecule has 0 spiro atoms. The van der Waals surface area contributed by atoms with Gasteiger partial charge in [0.05, 0.1) is 0 Å². The van der Waals surface area contributed by atoms with Crippen molar-refractivity contribution in [2.24, 2.45) is 0 Å². The summed E-state index contributed by atoms with van der Waals surface area (Å²) >= 11 is 0. The molecule has 0 radical (unpaired) electrons. The van der Waals surface area contributed by atoms with E-state index in [1.807, 2.05) is 12.2 Å². The number of hydrogen-bond donors (Lipinski definition) is 0. The highest BCUT2D eigenvalue weighted by Crippen LogP contribution is 2.46. The number of fused-ring (bicyclic) bond motifs is 4.